The normalized spacial score (nSPS) is 11.7. The molecule has 1 N–H and O–H groups in total. The van der Waals surface area contributed by atoms with Crippen molar-refractivity contribution in [1.82, 2.24) is 9.29 Å². The van der Waals surface area contributed by atoms with E-state index >= 15 is 0 Å². The molecule has 0 aliphatic carbocycles. The first-order valence-electron chi connectivity index (χ1n) is 9.14. The monoisotopic (exact) mass is 397 g/mol. The summed E-state index contributed by atoms with van der Waals surface area (Å²) in [6.45, 7) is 6.36. The number of hydrogen-bond donors (Lipinski definition) is 1. The molecule has 0 saturated carbocycles. The summed E-state index contributed by atoms with van der Waals surface area (Å²) in [7, 11) is -3.54. The molecule has 1 heterocycles. The second kappa shape index (κ2) is 8.08. The van der Waals surface area contributed by atoms with E-state index in [0.29, 0.717) is 24.3 Å². The molecule has 0 radical (unpaired) electrons. The number of aryl methyl sites for hydroxylation is 1. The number of sulfonamides is 1. The van der Waals surface area contributed by atoms with E-state index in [-0.39, 0.29) is 10.8 Å². The van der Waals surface area contributed by atoms with Crippen molar-refractivity contribution in [3.63, 3.8) is 0 Å². The predicted molar refractivity (Wildman–Crippen MR) is 111 cm³/mol. The zero-order valence-electron chi connectivity index (χ0n) is 16.1. The lowest BCUT2D eigenvalue weighted by atomic mass is 10.1. The molecule has 0 atom stereocenters. The van der Waals surface area contributed by atoms with Crippen LogP contribution in [-0.4, -0.2) is 36.7 Å². The number of hydrogen-bond acceptors (Lipinski definition) is 4. The number of benzene rings is 2. The van der Waals surface area contributed by atoms with Crippen LogP contribution in [0.3, 0.4) is 0 Å². The van der Waals surface area contributed by atoms with Crippen LogP contribution in [0.5, 0.6) is 0 Å². The molecule has 2 aromatic carbocycles. The Kier molecular flexibility index (Phi) is 5.76. The van der Waals surface area contributed by atoms with Crippen molar-refractivity contribution in [2.24, 2.45) is 0 Å². The van der Waals surface area contributed by atoms with Gasteiger partial charge < -0.3 is 5.32 Å². The zero-order chi connectivity index (χ0) is 20.3. The molecule has 28 heavy (non-hydrogen) atoms. The lowest BCUT2D eigenvalue weighted by Gasteiger charge is -2.18. The van der Waals surface area contributed by atoms with Gasteiger partial charge in [-0.1, -0.05) is 32.0 Å². The van der Waals surface area contributed by atoms with E-state index in [4.69, 9.17) is 0 Å². The van der Waals surface area contributed by atoms with E-state index in [2.05, 4.69) is 10.3 Å². The molecule has 0 saturated heterocycles. The Morgan fingerprint density at radius 3 is 2.36 bits per heavy atom. The molecule has 7 heteroatoms. The van der Waals surface area contributed by atoms with E-state index in [1.165, 1.54) is 28.6 Å². The maximum Gasteiger partial charge on any atom is 0.255 e. The first kappa shape index (κ1) is 20.0. The average molecular weight is 398 g/mol. The minimum Gasteiger partial charge on any atom is -0.321 e. The number of amides is 1. The molecular weight excluding hydrogens is 374 g/mol. The van der Waals surface area contributed by atoms with Gasteiger partial charge in [0.05, 0.1) is 16.1 Å². The van der Waals surface area contributed by atoms with E-state index in [1.807, 2.05) is 25.1 Å². The van der Waals surface area contributed by atoms with Crippen LogP contribution in [0.4, 0.5) is 5.69 Å². The molecule has 0 unspecified atom stereocenters. The third kappa shape index (κ3) is 3.76. The van der Waals surface area contributed by atoms with Crippen LogP contribution < -0.4 is 5.32 Å². The maximum atomic E-state index is 12.7. The summed E-state index contributed by atoms with van der Waals surface area (Å²) in [5.41, 5.74) is 2.91. The zero-order valence-corrected chi connectivity index (χ0v) is 17.0. The van der Waals surface area contributed by atoms with Crippen molar-refractivity contribution >= 4 is 32.5 Å². The number of fused-ring (bicyclic) bond motifs is 1. The van der Waals surface area contributed by atoms with Gasteiger partial charge >= 0.3 is 0 Å². The quantitative estimate of drug-likeness (QED) is 0.686. The minimum atomic E-state index is -3.54. The summed E-state index contributed by atoms with van der Waals surface area (Å²) in [6, 6.07) is 13.5. The van der Waals surface area contributed by atoms with E-state index in [9.17, 15) is 13.2 Å². The number of pyridine rings is 1. The van der Waals surface area contributed by atoms with Gasteiger partial charge in [0.25, 0.3) is 5.91 Å². The molecule has 6 nitrogen and oxygen atoms in total. The summed E-state index contributed by atoms with van der Waals surface area (Å²) in [4.78, 5) is 17.2. The standard InChI is InChI=1S/C21H23N3O3S/c1-4-24(5-2)28(26,27)17-11-9-16(10-12-17)21(25)23-19-13-14-22-20-15(3)7-6-8-18(19)20/h6-14H,4-5H2,1-3H3,(H,22,23,25). The highest BCUT2D eigenvalue weighted by Crippen LogP contribution is 2.24. The minimum absolute atomic E-state index is 0.178. The number of para-hydroxylation sites is 1. The first-order valence-corrected chi connectivity index (χ1v) is 10.6. The van der Waals surface area contributed by atoms with Crippen LogP contribution in [0.1, 0.15) is 29.8 Å². The smallest absolute Gasteiger partial charge is 0.255 e. The summed E-state index contributed by atoms with van der Waals surface area (Å²) >= 11 is 0. The van der Waals surface area contributed by atoms with E-state index in [0.717, 1.165) is 16.5 Å². The highest BCUT2D eigenvalue weighted by Gasteiger charge is 2.21. The summed E-state index contributed by atoms with van der Waals surface area (Å²) in [6.07, 6.45) is 1.66. The molecular formula is C21H23N3O3S. The van der Waals surface area contributed by atoms with Crippen molar-refractivity contribution in [2.45, 2.75) is 25.7 Å². The molecule has 1 amide bonds. The van der Waals surface area contributed by atoms with Crippen LogP contribution in [0.15, 0.2) is 59.6 Å². The van der Waals surface area contributed by atoms with Gasteiger partial charge in [0.1, 0.15) is 0 Å². The molecule has 3 rings (SSSR count). The fourth-order valence-electron chi connectivity index (χ4n) is 3.12. The average Bonchev–Trinajstić information content (AvgIpc) is 2.69. The number of nitrogens with zero attached hydrogens (tertiary/aromatic N) is 2. The summed E-state index contributed by atoms with van der Waals surface area (Å²) in [5, 5.41) is 3.75. The van der Waals surface area contributed by atoms with Gasteiger partial charge in [0, 0.05) is 30.2 Å². The fraction of sp³-hybridized carbons (Fsp3) is 0.238. The van der Waals surface area contributed by atoms with Crippen LogP contribution >= 0.6 is 0 Å². The van der Waals surface area contributed by atoms with Crippen LogP contribution in [0, 0.1) is 6.92 Å². The van der Waals surface area contributed by atoms with Gasteiger partial charge in [0.15, 0.2) is 0 Å². The topological polar surface area (TPSA) is 79.4 Å². The van der Waals surface area contributed by atoms with Crippen molar-refractivity contribution in [1.29, 1.82) is 0 Å². The van der Waals surface area contributed by atoms with Crippen LogP contribution in [0.25, 0.3) is 10.9 Å². The molecule has 0 fully saturated rings. The van der Waals surface area contributed by atoms with Gasteiger partial charge in [-0.15, -0.1) is 0 Å². The number of nitrogens with one attached hydrogen (secondary N) is 1. The van der Waals surface area contributed by atoms with Gasteiger partial charge in [-0.25, -0.2) is 8.42 Å². The predicted octanol–water partition coefficient (Wildman–Crippen LogP) is 3.83. The van der Waals surface area contributed by atoms with E-state index in [1.54, 1.807) is 26.1 Å². The first-order chi connectivity index (χ1) is 13.4. The van der Waals surface area contributed by atoms with Crippen molar-refractivity contribution in [3.05, 3.63) is 65.9 Å². The Balaban J connectivity index is 1.86. The number of carbonyl (C=O) groups is 1. The Morgan fingerprint density at radius 1 is 1.04 bits per heavy atom. The molecule has 0 spiro atoms. The fourth-order valence-corrected chi connectivity index (χ4v) is 4.58. The summed E-state index contributed by atoms with van der Waals surface area (Å²) < 4.78 is 26.5. The Hall–Kier alpha value is -2.77. The molecule has 0 bridgehead atoms. The van der Waals surface area contributed by atoms with Gasteiger partial charge in [-0.05, 0) is 42.8 Å². The van der Waals surface area contributed by atoms with Crippen molar-refractivity contribution in [3.8, 4) is 0 Å². The van der Waals surface area contributed by atoms with Crippen molar-refractivity contribution in [2.75, 3.05) is 18.4 Å². The van der Waals surface area contributed by atoms with Crippen molar-refractivity contribution < 1.29 is 13.2 Å². The Bertz CT molecular complexity index is 1110. The largest absolute Gasteiger partial charge is 0.321 e. The highest BCUT2D eigenvalue weighted by molar-refractivity contribution is 7.89. The number of carbonyl (C=O) groups excluding carboxylic acids is 1. The van der Waals surface area contributed by atoms with Gasteiger partial charge in [0.2, 0.25) is 10.0 Å². The van der Waals surface area contributed by atoms with Gasteiger partial charge in [-0.3, -0.25) is 9.78 Å². The second-order valence-corrected chi connectivity index (χ2v) is 8.34. The Labute approximate surface area is 165 Å². The molecule has 3 aromatic rings. The molecule has 1 aromatic heterocycles. The highest BCUT2D eigenvalue weighted by atomic mass is 32.2. The summed E-state index contributed by atoms with van der Waals surface area (Å²) in [5.74, 6) is -0.305. The van der Waals surface area contributed by atoms with Crippen LogP contribution in [-0.2, 0) is 10.0 Å². The number of anilines is 1. The lowest BCUT2D eigenvalue weighted by molar-refractivity contribution is 0.102. The van der Waals surface area contributed by atoms with E-state index < -0.39 is 10.0 Å². The SMILES string of the molecule is CCN(CC)S(=O)(=O)c1ccc(C(=O)Nc2ccnc3c(C)cccc23)cc1. The number of aromatic nitrogens is 1. The second-order valence-electron chi connectivity index (χ2n) is 6.40. The van der Waals surface area contributed by atoms with Crippen LogP contribution in [0.2, 0.25) is 0 Å². The lowest BCUT2D eigenvalue weighted by Crippen LogP contribution is -2.30. The molecule has 0 aliphatic rings. The molecule has 0 aliphatic heterocycles. The molecule has 146 valence electrons. The third-order valence-electron chi connectivity index (χ3n) is 4.68. The maximum absolute atomic E-state index is 12.7. The Morgan fingerprint density at radius 2 is 1.71 bits per heavy atom. The van der Waals surface area contributed by atoms with Gasteiger partial charge in [-0.2, -0.15) is 4.31 Å². The third-order valence-corrected chi connectivity index (χ3v) is 6.74. The number of rotatable bonds is 6.